The molecule has 5 heterocycles. The van der Waals surface area contributed by atoms with E-state index in [0.717, 1.165) is 44.5 Å². The van der Waals surface area contributed by atoms with Gasteiger partial charge in [-0.2, -0.15) is 0 Å². The highest BCUT2D eigenvalue weighted by Crippen LogP contribution is 2.37. The molecule has 8 N–H and O–H groups in total. The molecule has 0 amide bonds. The van der Waals surface area contributed by atoms with Crippen LogP contribution in [0, 0.1) is 0 Å². The Hall–Kier alpha value is -10.7. The summed E-state index contributed by atoms with van der Waals surface area (Å²) in [4.78, 5) is 65.9. The van der Waals surface area contributed by atoms with E-state index in [1.807, 2.05) is 146 Å². The minimum atomic E-state index is -1.06. The van der Waals surface area contributed by atoms with E-state index in [9.17, 15) is 39.6 Å². The number of hydrogen-bond acceptors (Lipinski definition) is 4. The maximum Gasteiger partial charge on any atom is 0.336 e. The third-order valence-corrected chi connectivity index (χ3v) is 14.6. The molecule has 364 valence electrons. The lowest BCUT2D eigenvalue weighted by molar-refractivity contribution is 0.0688. The van der Waals surface area contributed by atoms with E-state index in [0.29, 0.717) is 87.3 Å². The Kier molecular flexibility index (Phi) is 10.4. The van der Waals surface area contributed by atoms with Gasteiger partial charge in [0.15, 0.2) is 0 Å². The van der Waals surface area contributed by atoms with Crippen LogP contribution in [0.15, 0.2) is 194 Å². The Morgan fingerprint density at radius 1 is 0.237 bits per heavy atom. The molecule has 8 aromatic carbocycles. The topological polar surface area (TPSA) is 212 Å². The SMILES string of the molecule is O=C(O)c1ccc(C2=c3ccc([nH]3)=C(c3ccc(C(=O)O)c4ccccc34)c3ccc([nH]3)C(c3ccc(C(=O)O)c4ccccc34)=c3ccc([nH]3)=C(c3ccc(C(=O)O)c4ccccc34)c3ccc2[nH]3)c2ccccc12. The van der Waals surface area contributed by atoms with E-state index < -0.39 is 23.9 Å². The average Bonchev–Trinajstić information content (AvgIpc) is 4.30. The fraction of sp³-hybridized carbons (Fsp3) is 0. The molecule has 0 radical (unpaired) electrons. The largest absolute Gasteiger partial charge is 0.478 e. The Labute approximate surface area is 429 Å². The molecule has 0 spiro atoms. The van der Waals surface area contributed by atoms with E-state index in [1.165, 1.54) is 0 Å². The number of nitrogens with one attached hydrogen (secondary N) is 4. The molecule has 0 aliphatic carbocycles. The van der Waals surface area contributed by atoms with Crippen molar-refractivity contribution in [2.45, 2.75) is 0 Å². The van der Waals surface area contributed by atoms with Crippen LogP contribution in [-0.2, 0) is 0 Å². The van der Waals surface area contributed by atoms with Crippen LogP contribution >= 0.6 is 0 Å². The second kappa shape index (κ2) is 17.5. The zero-order valence-electron chi connectivity index (χ0n) is 39.9. The van der Waals surface area contributed by atoms with E-state index in [-0.39, 0.29) is 22.3 Å². The van der Waals surface area contributed by atoms with Crippen molar-refractivity contribution in [3.05, 3.63) is 283 Å². The molecule has 0 saturated heterocycles. The van der Waals surface area contributed by atoms with E-state index in [2.05, 4.69) is 19.9 Å². The minimum absolute atomic E-state index is 0.152. The third kappa shape index (κ3) is 7.15. The molecule has 8 bridgehead atoms. The van der Waals surface area contributed by atoms with E-state index >= 15 is 0 Å². The van der Waals surface area contributed by atoms with Crippen molar-refractivity contribution in [3.63, 3.8) is 0 Å². The van der Waals surface area contributed by atoms with Gasteiger partial charge < -0.3 is 40.4 Å². The predicted octanol–water partition coefficient (Wildman–Crippen LogP) is 9.71. The van der Waals surface area contributed by atoms with E-state index in [1.54, 1.807) is 48.5 Å². The van der Waals surface area contributed by atoms with Crippen LogP contribution in [-0.4, -0.2) is 64.2 Å². The zero-order chi connectivity index (χ0) is 51.9. The molecular weight excluding hydrogens is 953 g/mol. The van der Waals surface area contributed by atoms with Gasteiger partial charge in [0.25, 0.3) is 0 Å². The van der Waals surface area contributed by atoms with Gasteiger partial charge in [0.2, 0.25) is 0 Å². The smallest absolute Gasteiger partial charge is 0.336 e. The number of rotatable bonds is 8. The molecule has 4 aromatic heterocycles. The molecule has 0 unspecified atom stereocenters. The highest BCUT2D eigenvalue weighted by Gasteiger charge is 2.24. The first-order chi connectivity index (χ1) is 37.0. The predicted molar refractivity (Wildman–Crippen MR) is 292 cm³/mol. The Morgan fingerprint density at radius 2 is 0.447 bits per heavy atom. The number of aromatic amines is 4. The van der Waals surface area contributed by atoms with Crippen molar-refractivity contribution in [3.8, 4) is 0 Å². The van der Waals surface area contributed by atoms with Gasteiger partial charge in [0.05, 0.1) is 22.3 Å². The van der Waals surface area contributed by atoms with Crippen LogP contribution in [0.4, 0.5) is 0 Å². The number of aromatic nitrogens is 4. The Morgan fingerprint density at radius 3 is 0.658 bits per heavy atom. The van der Waals surface area contributed by atoms with Crippen molar-refractivity contribution in [1.29, 1.82) is 0 Å². The maximum absolute atomic E-state index is 12.7. The molecule has 12 nitrogen and oxygen atoms in total. The van der Waals surface area contributed by atoms with Crippen LogP contribution in [0.5, 0.6) is 0 Å². The van der Waals surface area contributed by atoms with Crippen molar-refractivity contribution in [2.75, 3.05) is 0 Å². The number of hydrogen-bond donors (Lipinski definition) is 8. The van der Waals surface area contributed by atoms with E-state index in [4.69, 9.17) is 0 Å². The van der Waals surface area contributed by atoms with Gasteiger partial charge >= 0.3 is 23.9 Å². The fourth-order valence-corrected chi connectivity index (χ4v) is 11.3. The lowest BCUT2D eigenvalue weighted by Gasteiger charge is -2.14. The summed E-state index contributed by atoms with van der Waals surface area (Å²) in [5.74, 6) is -4.23. The number of H-pyrrole nitrogens is 4. The van der Waals surface area contributed by atoms with Crippen LogP contribution in [0.25, 0.3) is 65.4 Å². The van der Waals surface area contributed by atoms with Crippen molar-refractivity contribution in [2.24, 2.45) is 0 Å². The summed E-state index contributed by atoms with van der Waals surface area (Å²) in [6.45, 7) is 0. The Bertz CT molecular complexity index is 4200. The van der Waals surface area contributed by atoms with Gasteiger partial charge in [-0.15, -0.1) is 0 Å². The van der Waals surface area contributed by atoms with Crippen LogP contribution < -0.4 is 21.4 Å². The zero-order valence-corrected chi connectivity index (χ0v) is 39.9. The molecule has 12 aromatic rings. The molecule has 76 heavy (non-hydrogen) atoms. The monoisotopic (exact) mass is 992 g/mol. The summed E-state index contributed by atoms with van der Waals surface area (Å²) in [7, 11) is 0. The third-order valence-electron chi connectivity index (χ3n) is 14.6. The van der Waals surface area contributed by atoms with Crippen molar-refractivity contribution >= 4 is 89.3 Å². The quantitative estimate of drug-likeness (QED) is 0.0733. The molecule has 12 heteroatoms. The first-order valence-electron chi connectivity index (χ1n) is 24.3. The number of carboxylic acid groups (broad SMARTS) is 4. The second-order valence-corrected chi connectivity index (χ2v) is 18.7. The molecule has 13 rings (SSSR count). The normalized spacial score (nSPS) is 12.5. The highest BCUT2D eigenvalue weighted by molar-refractivity contribution is 6.12. The summed E-state index contributed by atoms with van der Waals surface area (Å²) < 4.78 is 0. The summed E-state index contributed by atoms with van der Waals surface area (Å²) in [6, 6.07) is 59.2. The number of aromatic carboxylic acids is 4. The molecular formula is C64H40N4O8. The lowest BCUT2D eigenvalue weighted by atomic mass is 9.93. The van der Waals surface area contributed by atoms with Gasteiger partial charge in [-0.05, 0) is 138 Å². The van der Waals surface area contributed by atoms with Crippen LogP contribution in [0.3, 0.4) is 0 Å². The lowest BCUT2D eigenvalue weighted by Crippen LogP contribution is -2.19. The molecule has 0 fully saturated rings. The Balaban J connectivity index is 1.21. The number of benzene rings is 8. The van der Waals surface area contributed by atoms with Gasteiger partial charge in [-0.25, -0.2) is 19.2 Å². The van der Waals surface area contributed by atoms with Gasteiger partial charge in [-0.1, -0.05) is 121 Å². The maximum atomic E-state index is 12.7. The van der Waals surface area contributed by atoms with Crippen molar-refractivity contribution < 1.29 is 39.6 Å². The molecule has 0 saturated carbocycles. The summed E-state index contributed by atoms with van der Waals surface area (Å²) in [5, 5.41) is 49.2. The summed E-state index contributed by atoms with van der Waals surface area (Å²) in [5.41, 5.74) is 9.17. The van der Waals surface area contributed by atoms with Crippen LogP contribution in [0.2, 0.25) is 0 Å². The molecule has 1 aliphatic heterocycles. The summed E-state index contributed by atoms with van der Waals surface area (Å²) in [6.07, 6.45) is 0. The standard InChI is InChI=1S/C64H40N4O8/c69-61(70)45-21-17-41(33-9-1-5-13-37(33)45)57-49-25-27-51(65-49)58(42-18-22-46(62(71)72)38-14-6-2-10-34(38)42)53-29-31-55(67-53)60(44-20-24-48(64(75)76)40-16-8-4-12-36(40)44)56-32-30-54(68-56)59(52-28-26-50(57)66-52)43-19-23-47(63(73)74)39-15-7-3-11-35(39)43/h1-32,65-68H,(H,69,70)(H,71,72)(H,73,74)(H,75,76). The van der Waals surface area contributed by atoms with Gasteiger partial charge in [0.1, 0.15) is 0 Å². The minimum Gasteiger partial charge on any atom is -0.478 e. The first-order valence-corrected chi connectivity index (χ1v) is 24.3. The van der Waals surface area contributed by atoms with Gasteiger partial charge in [0, 0.05) is 66.5 Å². The van der Waals surface area contributed by atoms with Crippen molar-refractivity contribution in [1.82, 2.24) is 19.9 Å². The second-order valence-electron chi connectivity index (χ2n) is 18.7. The number of carboxylic acids is 4. The summed E-state index contributed by atoms with van der Waals surface area (Å²) >= 11 is 0. The first kappa shape index (κ1) is 45.2. The van der Waals surface area contributed by atoms with Gasteiger partial charge in [-0.3, -0.25) is 0 Å². The average molecular weight is 993 g/mol. The van der Waals surface area contributed by atoms with Crippen LogP contribution in [0.1, 0.15) is 86.5 Å². The molecule has 0 atom stereocenters. The highest BCUT2D eigenvalue weighted by atomic mass is 16.4. The molecule has 1 aliphatic rings. The fourth-order valence-electron chi connectivity index (χ4n) is 11.3. The number of fused-ring (bicyclic) bond motifs is 12. The number of carbonyl (C=O) groups is 4.